The fourth-order valence-electron chi connectivity index (χ4n) is 1.90. The quantitative estimate of drug-likeness (QED) is 0.798. The van der Waals surface area contributed by atoms with Gasteiger partial charge in [0, 0.05) is 26.1 Å². The van der Waals surface area contributed by atoms with Gasteiger partial charge < -0.3 is 10.2 Å². The summed E-state index contributed by atoms with van der Waals surface area (Å²) in [6.07, 6.45) is 4.80. The first-order chi connectivity index (χ1) is 10.0. The average molecular weight is 292 g/mol. The summed E-state index contributed by atoms with van der Waals surface area (Å²) in [7, 11) is 1.83. The molecule has 0 bridgehead atoms. The van der Waals surface area contributed by atoms with Gasteiger partial charge in [0.2, 0.25) is 0 Å². The number of anilines is 1. The molecule has 1 N–H and O–H groups in total. The van der Waals surface area contributed by atoms with Crippen molar-refractivity contribution in [2.75, 3.05) is 25.5 Å². The van der Waals surface area contributed by atoms with E-state index in [9.17, 15) is 4.79 Å². The van der Waals surface area contributed by atoms with Crippen LogP contribution in [0.2, 0.25) is 0 Å². The molecular formula is C16H28N4O. The minimum Gasteiger partial charge on any atom is -0.382 e. The second kappa shape index (κ2) is 8.60. The molecule has 0 saturated carbocycles. The van der Waals surface area contributed by atoms with E-state index < -0.39 is 0 Å². The molecule has 0 fully saturated rings. The molecule has 0 saturated heterocycles. The predicted octanol–water partition coefficient (Wildman–Crippen LogP) is 3.29. The monoisotopic (exact) mass is 292 g/mol. The Kier molecular flexibility index (Phi) is 7.12. The van der Waals surface area contributed by atoms with Gasteiger partial charge in [0.05, 0.1) is 11.9 Å². The van der Waals surface area contributed by atoms with Crippen LogP contribution in [0.5, 0.6) is 0 Å². The van der Waals surface area contributed by atoms with Gasteiger partial charge in [-0.2, -0.15) is 0 Å². The van der Waals surface area contributed by atoms with Gasteiger partial charge in [0.15, 0.2) is 5.69 Å². The van der Waals surface area contributed by atoms with E-state index in [1.165, 1.54) is 0 Å². The molecule has 0 aliphatic heterocycles. The Labute approximate surface area is 128 Å². The predicted molar refractivity (Wildman–Crippen MR) is 86.8 cm³/mol. The molecule has 0 aliphatic rings. The summed E-state index contributed by atoms with van der Waals surface area (Å²) < 4.78 is 0. The molecule has 5 heteroatoms. The van der Waals surface area contributed by atoms with Gasteiger partial charge >= 0.3 is 0 Å². The van der Waals surface area contributed by atoms with Gasteiger partial charge in [0.25, 0.3) is 5.91 Å². The number of aromatic nitrogens is 2. The zero-order chi connectivity index (χ0) is 15.8. The lowest BCUT2D eigenvalue weighted by Crippen LogP contribution is -2.30. The van der Waals surface area contributed by atoms with Crippen LogP contribution in [-0.4, -0.2) is 40.9 Å². The van der Waals surface area contributed by atoms with E-state index in [1.54, 1.807) is 11.1 Å². The average Bonchev–Trinajstić information content (AvgIpc) is 2.49. The molecule has 0 spiro atoms. The molecule has 118 valence electrons. The molecular weight excluding hydrogens is 264 g/mol. The minimum atomic E-state index is -0.0358. The lowest BCUT2D eigenvalue weighted by atomic mass is 10.2. The Morgan fingerprint density at radius 2 is 2.05 bits per heavy atom. The van der Waals surface area contributed by atoms with E-state index in [0.29, 0.717) is 11.5 Å². The summed E-state index contributed by atoms with van der Waals surface area (Å²) >= 11 is 0. The number of hydrogen-bond acceptors (Lipinski definition) is 4. The highest BCUT2D eigenvalue weighted by molar-refractivity contribution is 5.97. The van der Waals surface area contributed by atoms with Crippen LogP contribution in [0, 0.1) is 0 Å². The number of unbranched alkanes of at least 4 members (excludes halogenated alkanes) is 1. The van der Waals surface area contributed by atoms with Crippen LogP contribution in [0.25, 0.3) is 0 Å². The molecule has 0 aliphatic carbocycles. The fraction of sp³-hybridized carbons (Fsp3) is 0.688. The number of carbonyl (C=O) groups excluding carboxylic acids is 1. The molecule has 5 nitrogen and oxygen atoms in total. The number of amides is 1. The van der Waals surface area contributed by atoms with Crippen LogP contribution in [0.15, 0.2) is 6.20 Å². The van der Waals surface area contributed by atoms with Crippen LogP contribution >= 0.6 is 0 Å². The molecule has 1 heterocycles. The van der Waals surface area contributed by atoms with Gasteiger partial charge in [-0.3, -0.25) is 4.79 Å². The zero-order valence-corrected chi connectivity index (χ0v) is 13.9. The van der Waals surface area contributed by atoms with Crippen molar-refractivity contribution < 1.29 is 4.79 Å². The maximum Gasteiger partial charge on any atom is 0.274 e. The first-order valence-electron chi connectivity index (χ1n) is 7.87. The molecule has 1 rings (SSSR count). The Morgan fingerprint density at radius 1 is 1.33 bits per heavy atom. The smallest absolute Gasteiger partial charge is 0.274 e. The van der Waals surface area contributed by atoms with Crippen molar-refractivity contribution in [2.45, 2.75) is 52.9 Å². The second-order valence-electron chi connectivity index (χ2n) is 5.65. The fourth-order valence-corrected chi connectivity index (χ4v) is 1.90. The molecule has 1 amide bonds. The van der Waals surface area contributed by atoms with Gasteiger partial charge in [-0.1, -0.05) is 34.1 Å². The third kappa shape index (κ3) is 4.99. The Morgan fingerprint density at radius 3 is 2.62 bits per heavy atom. The number of hydrogen-bond donors (Lipinski definition) is 1. The van der Waals surface area contributed by atoms with Crippen molar-refractivity contribution in [3.05, 3.63) is 17.7 Å². The van der Waals surface area contributed by atoms with Crippen LogP contribution in [-0.2, 0) is 0 Å². The van der Waals surface area contributed by atoms with Crippen molar-refractivity contribution in [1.82, 2.24) is 14.9 Å². The Balaban J connectivity index is 3.03. The van der Waals surface area contributed by atoms with Crippen molar-refractivity contribution in [3.63, 3.8) is 0 Å². The van der Waals surface area contributed by atoms with Crippen LogP contribution < -0.4 is 5.32 Å². The van der Waals surface area contributed by atoms with Crippen LogP contribution in [0.3, 0.4) is 0 Å². The zero-order valence-electron chi connectivity index (χ0n) is 13.9. The molecule has 0 radical (unpaired) electrons. The van der Waals surface area contributed by atoms with E-state index >= 15 is 0 Å². The molecule has 0 aromatic carbocycles. The third-order valence-electron chi connectivity index (χ3n) is 3.29. The van der Waals surface area contributed by atoms with Crippen LogP contribution in [0.1, 0.15) is 69.2 Å². The first-order valence-corrected chi connectivity index (χ1v) is 7.87. The lowest BCUT2D eigenvalue weighted by molar-refractivity contribution is 0.0788. The maximum absolute atomic E-state index is 12.6. The number of rotatable bonds is 8. The van der Waals surface area contributed by atoms with Crippen LogP contribution in [0.4, 0.5) is 5.69 Å². The van der Waals surface area contributed by atoms with E-state index in [-0.39, 0.29) is 11.8 Å². The Bertz CT molecular complexity index is 460. The van der Waals surface area contributed by atoms with E-state index in [2.05, 4.69) is 29.1 Å². The number of nitrogens with one attached hydrogen (secondary N) is 1. The van der Waals surface area contributed by atoms with Crippen molar-refractivity contribution in [3.8, 4) is 0 Å². The minimum absolute atomic E-state index is 0.0358. The van der Waals surface area contributed by atoms with Gasteiger partial charge in [0.1, 0.15) is 5.82 Å². The topological polar surface area (TPSA) is 58.1 Å². The molecule has 1 aromatic heterocycles. The highest BCUT2D eigenvalue weighted by Gasteiger charge is 2.19. The highest BCUT2D eigenvalue weighted by Crippen LogP contribution is 2.18. The van der Waals surface area contributed by atoms with Gasteiger partial charge in [-0.25, -0.2) is 9.97 Å². The Hall–Kier alpha value is -1.65. The molecule has 21 heavy (non-hydrogen) atoms. The third-order valence-corrected chi connectivity index (χ3v) is 3.29. The molecule has 1 aromatic rings. The van der Waals surface area contributed by atoms with Gasteiger partial charge in [-0.05, 0) is 12.8 Å². The molecule has 0 atom stereocenters. The second-order valence-corrected chi connectivity index (χ2v) is 5.65. The first kappa shape index (κ1) is 17.4. The summed E-state index contributed by atoms with van der Waals surface area (Å²) in [6, 6.07) is 0. The highest BCUT2D eigenvalue weighted by atomic mass is 16.2. The van der Waals surface area contributed by atoms with E-state index in [4.69, 9.17) is 0 Å². The van der Waals surface area contributed by atoms with Crippen molar-refractivity contribution >= 4 is 11.6 Å². The standard InChI is InChI=1S/C16H28N4O/c1-6-8-10-20(5)16(21)14-13(17-9-7-2)11-18-15(19-14)12(3)4/h11-12,17H,6-10H2,1-5H3. The lowest BCUT2D eigenvalue weighted by Gasteiger charge is -2.19. The SMILES string of the molecule is CCCCN(C)C(=O)c1nc(C(C)C)ncc1NCCC. The van der Waals surface area contributed by atoms with Gasteiger partial charge in [-0.15, -0.1) is 0 Å². The van der Waals surface area contributed by atoms with Crippen molar-refractivity contribution in [2.24, 2.45) is 0 Å². The van der Waals surface area contributed by atoms with Crippen molar-refractivity contribution in [1.29, 1.82) is 0 Å². The maximum atomic E-state index is 12.6. The van der Waals surface area contributed by atoms with E-state index in [0.717, 1.165) is 38.0 Å². The summed E-state index contributed by atoms with van der Waals surface area (Å²) in [4.78, 5) is 23.2. The normalized spacial score (nSPS) is 10.8. The summed E-state index contributed by atoms with van der Waals surface area (Å²) in [6.45, 7) is 9.83. The summed E-state index contributed by atoms with van der Waals surface area (Å²) in [5.41, 5.74) is 1.22. The largest absolute Gasteiger partial charge is 0.382 e. The summed E-state index contributed by atoms with van der Waals surface area (Å²) in [5, 5.41) is 3.25. The number of carbonyl (C=O) groups is 1. The molecule has 0 unspecified atom stereocenters. The van der Waals surface area contributed by atoms with E-state index in [1.807, 2.05) is 20.9 Å². The summed E-state index contributed by atoms with van der Waals surface area (Å²) in [5.74, 6) is 0.883. The number of nitrogens with zero attached hydrogens (tertiary/aromatic N) is 3.